The van der Waals surface area contributed by atoms with E-state index >= 15 is 0 Å². The van der Waals surface area contributed by atoms with E-state index in [-0.39, 0.29) is 22.7 Å². The number of hydrogen-bond acceptors (Lipinski definition) is 4. The van der Waals surface area contributed by atoms with E-state index in [1.54, 1.807) is 72.8 Å². The second-order valence-corrected chi connectivity index (χ2v) is 9.71. The van der Waals surface area contributed by atoms with Crippen molar-refractivity contribution in [1.82, 2.24) is 0 Å². The summed E-state index contributed by atoms with van der Waals surface area (Å²) < 4.78 is 0. The fourth-order valence-electron chi connectivity index (χ4n) is 5.02. The first kappa shape index (κ1) is 28.2. The zero-order chi connectivity index (χ0) is 28.5. The highest BCUT2D eigenvalue weighted by atomic mass is 16.2. The van der Waals surface area contributed by atoms with Gasteiger partial charge < -0.3 is 11.5 Å². The monoisotopic (exact) mass is 532 g/mol. The second kappa shape index (κ2) is 13.3. The molecule has 0 aliphatic carbocycles. The minimum absolute atomic E-state index is 0.213. The Morgan fingerprint density at radius 2 is 0.825 bits per heavy atom. The van der Waals surface area contributed by atoms with Crippen molar-refractivity contribution in [3.63, 3.8) is 0 Å². The molecule has 0 aliphatic heterocycles. The normalized spacial score (nSPS) is 10.7. The molecule has 0 fully saturated rings. The van der Waals surface area contributed by atoms with Gasteiger partial charge in [-0.15, -0.1) is 0 Å². The molecule has 0 unspecified atom stereocenters. The van der Waals surface area contributed by atoms with Crippen LogP contribution in [-0.2, 0) is 12.8 Å². The molecule has 0 bridgehead atoms. The Kier molecular flexibility index (Phi) is 9.36. The summed E-state index contributed by atoms with van der Waals surface area (Å²) in [7, 11) is 0. The molecule has 0 saturated heterocycles. The largest absolute Gasteiger partial charge is 0.366 e. The van der Waals surface area contributed by atoms with Crippen molar-refractivity contribution in [3.05, 3.63) is 142 Å². The van der Waals surface area contributed by atoms with Gasteiger partial charge in [0.25, 0.3) is 0 Å². The summed E-state index contributed by atoms with van der Waals surface area (Å²) in [5.41, 5.74) is 15.0. The first-order valence-electron chi connectivity index (χ1n) is 13.4. The molecule has 4 N–H and O–H groups in total. The summed E-state index contributed by atoms with van der Waals surface area (Å²) >= 11 is 0. The van der Waals surface area contributed by atoms with E-state index in [0.29, 0.717) is 35.1 Å². The standard InChI is InChI=1S/C34H32N2O4/c35-33(39)27-21-11-19-23(29(27)31(37)25-15-7-3-8-16-25)13-5-1-2-6-14-24-20-12-22-28(34(36)40)30(24)32(38)26-17-9-4-10-18-26/h3-4,7-12,15-22H,1-2,5-6,13-14H2,(H2,35,39)(H2,36,40). The van der Waals surface area contributed by atoms with Gasteiger partial charge in [0, 0.05) is 22.3 Å². The van der Waals surface area contributed by atoms with Gasteiger partial charge >= 0.3 is 0 Å². The number of benzene rings is 4. The number of aryl methyl sites for hydroxylation is 2. The number of carbonyl (C=O) groups is 4. The summed E-state index contributed by atoms with van der Waals surface area (Å²) in [6.45, 7) is 0. The number of ketones is 2. The van der Waals surface area contributed by atoms with Crippen molar-refractivity contribution in [3.8, 4) is 0 Å². The summed E-state index contributed by atoms with van der Waals surface area (Å²) in [5, 5.41) is 0. The molecule has 0 radical (unpaired) electrons. The third-order valence-corrected chi connectivity index (χ3v) is 7.00. The van der Waals surface area contributed by atoms with Crippen LogP contribution in [0.15, 0.2) is 97.1 Å². The Morgan fingerprint density at radius 3 is 1.18 bits per heavy atom. The van der Waals surface area contributed by atoms with E-state index in [2.05, 4.69) is 0 Å². The zero-order valence-electron chi connectivity index (χ0n) is 22.3. The van der Waals surface area contributed by atoms with E-state index < -0.39 is 11.8 Å². The Labute approximate surface area is 234 Å². The Balaban J connectivity index is 1.42. The average Bonchev–Trinajstić information content (AvgIpc) is 2.98. The van der Waals surface area contributed by atoms with Crippen LogP contribution in [0.1, 0.15) is 89.4 Å². The molecule has 4 rings (SSSR count). The van der Waals surface area contributed by atoms with E-state index in [9.17, 15) is 19.2 Å². The molecule has 0 atom stereocenters. The van der Waals surface area contributed by atoms with Crippen molar-refractivity contribution >= 4 is 23.4 Å². The van der Waals surface area contributed by atoms with Crippen molar-refractivity contribution in [2.45, 2.75) is 38.5 Å². The van der Waals surface area contributed by atoms with E-state index in [1.165, 1.54) is 0 Å². The lowest BCUT2D eigenvalue weighted by atomic mass is 9.89. The highest BCUT2D eigenvalue weighted by Crippen LogP contribution is 2.24. The number of hydrogen-bond donors (Lipinski definition) is 2. The predicted octanol–water partition coefficient (Wildman–Crippen LogP) is 5.69. The maximum absolute atomic E-state index is 13.3. The van der Waals surface area contributed by atoms with Crippen LogP contribution in [0.5, 0.6) is 0 Å². The highest BCUT2D eigenvalue weighted by Gasteiger charge is 2.22. The summed E-state index contributed by atoms with van der Waals surface area (Å²) in [5.74, 6) is -1.68. The van der Waals surface area contributed by atoms with Gasteiger partial charge in [0.1, 0.15) is 0 Å². The molecule has 6 nitrogen and oxygen atoms in total. The Morgan fingerprint density at radius 1 is 0.450 bits per heavy atom. The van der Waals surface area contributed by atoms with Gasteiger partial charge in [-0.1, -0.05) is 97.8 Å². The Bertz CT molecular complexity index is 1410. The minimum atomic E-state index is -0.625. The van der Waals surface area contributed by atoms with Gasteiger partial charge in [0.2, 0.25) is 11.8 Å². The lowest BCUT2D eigenvalue weighted by Crippen LogP contribution is -2.19. The second-order valence-electron chi connectivity index (χ2n) is 9.71. The molecular weight excluding hydrogens is 500 g/mol. The van der Waals surface area contributed by atoms with Crippen LogP contribution in [0.2, 0.25) is 0 Å². The molecule has 6 heteroatoms. The van der Waals surface area contributed by atoms with E-state index in [4.69, 9.17) is 11.5 Å². The van der Waals surface area contributed by atoms with Gasteiger partial charge in [-0.25, -0.2) is 0 Å². The molecule has 0 aliphatic rings. The van der Waals surface area contributed by atoms with Crippen molar-refractivity contribution in [2.75, 3.05) is 0 Å². The third-order valence-electron chi connectivity index (χ3n) is 7.00. The lowest BCUT2D eigenvalue weighted by Gasteiger charge is -2.13. The predicted molar refractivity (Wildman–Crippen MR) is 156 cm³/mol. The number of nitrogens with two attached hydrogens (primary N) is 2. The Hall–Kier alpha value is -4.84. The highest BCUT2D eigenvalue weighted by molar-refractivity contribution is 6.16. The molecule has 40 heavy (non-hydrogen) atoms. The quantitative estimate of drug-likeness (QED) is 0.170. The molecule has 0 heterocycles. The fraction of sp³-hybridized carbons (Fsp3) is 0.176. The van der Waals surface area contributed by atoms with Crippen molar-refractivity contribution in [1.29, 1.82) is 0 Å². The third kappa shape index (κ3) is 6.59. The van der Waals surface area contributed by atoms with Crippen LogP contribution in [0.4, 0.5) is 0 Å². The first-order chi connectivity index (χ1) is 19.4. The molecule has 4 aromatic carbocycles. The molecule has 0 aromatic heterocycles. The van der Waals surface area contributed by atoms with Gasteiger partial charge in [-0.05, 0) is 48.9 Å². The summed E-state index contributed by atoms with van der Waals surface area (Å²) in [6.07, 6.45) is 4.66. The summed E-state index contributed by atoms with van der Waals surface area (Å²) in [4.78, 5) is 50.8. The van der Waals surface area contributed by atoms with Crippen LogP contribution in [0.25, 0.3) is 0 Å². The van der Waals surface area contributed by atoms with Gasteiger partial charge in [-0.3, -0.25) is 19.2 Å². The van der Waals surface area contributed by atoms with Gasteiger partial charge in [0.15, 0.2) is 11.6 Å². The fourth-order valence-corrected chi connectivity index (χ4v) is 5.02. The van der Waals surface area contributed by atoms with E-state index in [1.807, 2.05) is 24.3 Å². The molecule has 202 valence electrons. The minimum Gasteiger partial charge on any atom is -0.366 e. The summed E-state index contributed by atoms with van der Waals surface area (Å²) in [6, 6.07) is 28.2. The van der Waals surface area contributed by atoms with Crippen LogP contribution in [-0.4, -0.2) is 23.4 Å². The first-order valence-corrected chi connectivity index (χ1v) is 13.4. The van der Waals surface area contributed by atoms with Crippen LogP contribution < -0.4 is 11.5 Å². The molecule has 0 saturated carbocycles. The number of primary amides is 2. The number of unbranched alkanes of at least 4 members (excludes halogenated alkanes) is 3. The zero-order valence-corrected chi connectivity index (χ0v) is 22.3. The van der Waals surface area contributed by atoms with Gasteiger partial charge in [0.05, 0.1) is 11.1 Å². The molecule has 4 aromatic rings. The lowest BCUT2D eigenvalue weighted by molar-refractivity contribution is 0.0979. The van der Waals surface area contributed by atoms with Crippen LogP contribution in [0.3, 0.4) is 0 Å². The van der Waals surface area contributed by atoms with E-state index in [0.717, 1.165) is 36.8 Å². The SMILES string of the molecule is NC(=O)c1cccc(CCCCCCc2cccc(C(N)=O)c2C(=O)c2ccccc2)c1C(=O)c1ccccc1. The van der Waals surface area contributed by atoms with Gasteiger partial charge in [-0.2, -0.15) is 0 Å². The smallest absolute Gasteiger partial charge is 0.249 e. The molecular formula is C34H32N2O4. The number of amides is 2. The topological polar surface area (TPSA) is 120 Å². The number of rotatable bonds is 13. The van der Waals surface area contributed by atoms with Crippen LogP contribution >= 0.6 is 0 Å². The average molecular weight is 533 g/mol. The maximum atomic E-state index is 13.3. The molecule has 0 spiro atoms. The van der Waals surface area contributed by atoms with Crippen molar-refractivity contribution in [2.24, 2.45) is 11.5 Å². The number of carbonyl (C=O) groups excluding carboxylic acids is 4. The van der Waals surface area contributed by atoms with Crippen LogP contribution in [0, 0.1) is 0 Å². The van der Waals surface area contributed by atoms with Crippen molar-refractivity contribution < 1.29 is 19.2 Å². The maximum Gasteiger partial charge on any atom is 0.249 e. The molecule has 2 amide bonds.